The van der Waals surface area contributed by atoms with Crippen molar-refractivity contribution in [2.24, 2.45) is 0 Å². The van der Waals surface area contributed by atoms with E-state index in [0.717, 1.165) is 6.54 Å². The van der Waals surface area contributed by atoms with E-state index in [9.17, 15) is 14.3 Å². The summed E-state index contributed by atoms with van der Waals surface area (Å²) in [5, 5.41) is 9.86. The van der Waals surface area contributed by atoms with Crippen LogP contribution in [0.15, 0.2) is 24.3 Å². The van der Waals surface area contributed by atoms with Crippen molar-refractivity contribution in [3.8, 4) is 0 Å². The largest absolute Gasteiger partial charge is 0.392 e. The van der Waals surface area contributed by atoms with E-state index in [1.165, 1.54) is 12.1 Å². The molecule has 26 heavy (non-hydrogen) atoms. The fourth-order valence-electron chi connectivity index (χ4n) is 3.01. The molecule has 2 rings (SSSR count). The number of aliphatic hydroxyl groups excluding tert-OH is 1. The molecular weight excluding hydrogens is 339 g/mol. The molecule has 0 aliphatic carbocycles. The van der Waals surface area contributed by atoms with Gasteiger partial charge in [0.15, 0.2) is 0 Å². The van der Waals surface area contributed by atoms with Crippen LogP contribution in [0.5, 0.6) is 0 Å². The second-order valence-corrected chi connectivity index (χ2v) is 6.54. The lowest BCUT2D eigenvalue weighted by Crippen LogP contribution is -2.50. The topological polar surface area (TPSA) is 62.2 Å². The minimum Gasteiger partial charge on any atom is -0.392 e. The first-order chi connectivity index (χ1) is 12.5. The van der Waals surface area contributed by atoms with E-state index >= 15 is 0 Å². The smallest absolute Gasteiger partial charge is 0.256 e. The van der Waals surface area contributed by atoms with Crippen molar-refractivity contribution in [2.45, 2.75) is 25.6 Å². The molecule has 0 bridgehead atoms. The molecular formula is C19H29FN2O4. The molecule has 1 saturated heterocycles. The molecule has 0 aromatic heterocycles. The van der Waals surface area contributed by atoms with Crippen LogP contribution in [-0.2, 0) is 9.47 Å². The van der Waals surface area contributed by atoms with Crippen LogP contribution in [-0.4, -0.2) is 86.1 Å². The summed E-state index contributed by atoms with van der Waals surface area (Å²) in [7, 11) is 1.57. The molecule has 146 valence electrons. The van der Waals surface area contributed by atoms with Crippen LogP contribution in [0.25, 0.3) is 0 Å². The highest BCUT2D eigenvalue weighted by Gasteiger charge is 2.27. The Labute approximate surface area is 154 Å². The van der Waals surface area contributed by atoms with E-state index in [1.54, 1.807) is 24.1 Å². The zero-order chi connectivity index (χ0) is 18.9. The van der Waals surface area contributed by atoms with Crippen molar-refractivity contribution in [3.05, 3.63) is 35.6 Å². The average molecular weight is 368 g/mol. The Morgan fingerprint density at radius 3 is 2.96 bits per heavy atom. The number of rotatable bonds is 9. The number of amides is 1. The molecule has 0 unspecified atom stereocenters. The molecule has 0 spiro atoms. The SMILES string of the molecule is CC[C@@H](O)CN1CCO[C@@H](CN(CCOC)C(=O)c2ccccc2F)C1. The highest BCUT2D eigenvalue weighted by atomic mass is 19.1. The van der Waals surface area contributed by atoms with E-state index in [2.05, 4.69) is 4.90 Å². The first-order valence-corrected chi connectivity index (χ1v) is 9.09. The Hall–Kier alpha value is -1.54. The van der Waals surface area contributed by atoms with Gasteiger partial charge in [-0.15, -0.1) is 0 Å². The third-order valence-electron chi connectivity index (χ3n) is 4.54. The van der Waals surface area contributed by atoms with Crippen LogP contribution >= 0.6 is 0 Å². The van der Waals surface area contributed by atoms with Crippen molar-refractivity contribution in [1.82, 2.24) is 9.80 Å². The second-order valence-electron chi connectivity index (χ2n) is 6.54. The summed E-state index contributed by atoms with van der Waals surface area (Å²) in [6.45, 7) is 5.56. The van der Waals surface area contributed by atoms with Crippen molar-refractivity contribution in [2.75, 3.05) is 53.0 Å². The maximum absolute atomic E-state index is 14.0. The number of halogens is 1. The summed E-state index contributed by atoms with van der Waals surface area (Å²) < 4.78 is 24.9. The Morgan fingerprint density at radius 2 is 2.27 bits per heavy atom. The standard InChI is InChI=1S/C19H29FN2O4/c1-3-15(23)12-21-8-11-26-16(13-21)14-22(9-10-25-2)19(24)17-6-4-5-7-18(17)20/h4-7,15-16,23H,3,8-14H2,1-2H3/t15-,16-/m1/s1. The molecule has 2 atom stereocenters. The van der Waals surface area contributed by atoms with Crippen molar-refractivity contribution in [1.29, 1.82) is 0 Å². The third kappa shape index (κ3) is 6.02. The molecule has 1 aliphatic heterocycles. The van der Waals surface area contributed by atoms with E-state index in [0.29, 0.717) is 45.8 Å². The van der Waals surface area contributed by atoms with Gasteiger partial charge in [0.1, 0.15) is 5.82 Å². The van der Waals surface area contributed by atoms with Gasteiger partial charge in [-0.1, -0.05) is 19.1 Å². The second kappa shape index (κ2) is 10.6. The minimum absolute atomic E-state index is 0.0534. The Balaban J connectivity index is 2.02. The van der Waals surface area contributed by atoms with Gasteiger partial charge in [0.2, 0.25) is 0 Å². The third-order valence-corrected chi connectivity index (χ3v) is 4.54. The van der Waals surface area contributed by atoms with Crippen LogP contribution < -0.4 is 0 Å². The summed E-state index contributed by atoms with van der Waals surface area (Å²) in [5.41, 5.74) is 0.0534. The molecule has 1 aromatic rings. The molecule has 1 heterocycles. The zero-order valence-corrected chi connectivity index (χ0v) is 15.6. The molecule has 1 fully saturated rings. The van der Waals surface area contributed by atoms with Gasteiger partial charge in [-0.2, -0.15) is 0 Å². The number of hydrogen-bond acceptors (Lipinski definition) is 5. The fourth-order valence-corrected chi connectivity index (χ4v) is 3.01. The predicted molar refractivity (Wildman–Crippen MR) is 96.7 cm³/mol. The van der Waals surface area contributed by atoms with Gasteiger partial charge in [0.05, 0.1) is 31.0 Å². The highest BCUT2D eigenvalue weighted by Crippen LogP contribution is 2.13. The van der Waals surface area contributed by atoms with Gasteiger partial charge in [-0.05, 0) is 18.6 Å². The van der Waals surface area contributed by atoms with Crippen LogP contribution in [0, 0.1) is 5.82 Å². The van der Waals surface area contributed by atoms with E-state index in [-0.39, 0.29) is 23.7 Å². The maximum atomic E-state index is 14.0. The van der Waals surface area contributed by atoms with Crippen LogP contribution in [0.3, 0.4) is 0 Å². The van der Waals surface area contributed by atoms with E-state index < -0.39 is 5.82 Å². The molecule has 0 radical (unpaired) electrons. The van der Waals surface area contributed by atoms with E-state index in [1.807, 2.05) is 6.92 Å². The fraction of sp³-hybridized carbons (Fsp3) is 0.632. The Morgan fingerprint density at radius 1 is 1.50 bits per heavy atom. The van der Waals surface area contributed by atoms with Gasteiger partial charge in [0, 0.05) is 39.8 Å². The van der Waals surface area contributed by atoms with Gasteiger partial charge in [0.25, 0.3) is 5.91 Å². The number of methoxy groups -OCH3 is 1. The molecule has 1 aromatic carbocycles. The van der Waals surface area contributed by atoms with Gasteiger partial charge >= 0.3 is 0 Å². The first-order valence-electron chi connectivity index (χ1n) is 9.09. The summed E-state index contributed by atoms with van der Waals surface area (Å²) in [6, 6.07) is 5.98. The monoisotopic (exact) mass is 368 g/mol. The van der Waals surface area contributed by atoms with Crippen LogP contribution in [0.1, 0.15) is 23.7 Å². The first kappa shape index (κ1) is 20.8. The number of carbonyl (C=O) groups excluding carboxylic acids is 1. The highest BCUT2D eigenvalue weighted by molar-refractivity contribution is 5.94. The quantitative estimate of drug-likeness (QED) is 0.714. The van der Waals surface area contributed by atoms with Crippen molar-refractivity contribution < 1.29 is 23.8 Å². The molecule has 1 N–H and O–H groups in total. The molecule has 7 heteroatoms. The van der Waals surface area contributed by atoms with Crippen molar-refractivity contribution >= 4 is 5.91 Å². The Bertz CT molecular complexity index is 572. The zero-order valence-electron chi connectivity index (χ0n) is 15.6. The number of benzene rings is 1. The average Bonchev–Trinajstić information content (AvgIpc) is 2.65. The number of aliphatic hydroxyl groups is 1. The lowest BCUT2D eigenvalue weighted by molar-refractivity contribution is -0.0518. The lowest BCUT2D eigenvalue weighted by atomic mass is 10.1. The van der Waals surface area contributed by atoms with Gasteiger partial charge in [-0.25, -0.2) is 4.39 Å². The number of carbonyl (C=O) groups is 1. The normalized spacial score (nSPS) is 19.3. The number of morpholine rings is 1. The number of hydrogen-bond donors (Lipinski definition) is 1. The van der Waals surface area contributed by atoms with Gasteiger partial charge < -0.3 is 19.5 Å². The summed E-state index contributed by atoms with van der Waals surface area (Å²) >= 11 is 0. The van der Waals surface area contributed by atoms with Crippen LogP contribution in [0.2, 0.25) is 0 Å². The number of β-amino-alcohol motifs (C(OH)–C–C–N with tert-alkyl or cyclic N) is 1. The summed E-state index contributed by atoms with van der Waals surface area (Å²) in [5.74, 6) is -0.897. The summed E-state index contributed by atoms with van der Waals surface area (Å²) in [6.07, 6.45) is 0.159. The molecule has 1 amide bonds. The van der Waals surface area contributed by atoms with Crippen molar-refractivity contribution in [3.63, 3.8) is 0 Å². The predicted octanol–water partition coefficient (Wildman–Crippen LogP) is 1.39. The molecule has 0 saturated carbocycles. The summed E-state index contributed by atoms with van der Waals surface area (Å²) in [4.78, 5) is 16.5. The number of ether oxygens (including phenoxy) is 2. The maximum Gasteiger partial charge on any atom is 0.256 e. The molecule has 6 nitrogen and oxygen atoms in total. The lowest BCUT2D eigenvalue weighted by Gasteiger charge is -2.36. The minimum atomic E-state index is -0.530. The van der Waals surface area contributed by atoms with Crippen LogP contribution in [0.4, 0.5) is 4.39 Å². The van der Waals surface area contributed by atoms with E-state index in [4.69, 9.17) is 9.47 Å². The molecule has 1 aliphatic rings. The Kier molecular flexibility index (Phi) is 8.44. The number of nitrogens with zero attached hydrogens (tertiary/aromatic N) is 2. The van der Waals surface area contributed by atoms with Gasteiger partial charge in [-0.3, -0.25) is 9.69 Å².